The first-order valence-electron chi connectivity index (χ1n) is 15.7. The average molecular weight is 570 g/mol. The van der Waals surface area contributed by atoms with Gasteiger partial charge in [-0.25, -0.2) is 0 Å². The van der Waals surface area contributed by atoms with Crippen molar-refractivity contribution >= 4 is 16.0 Å². The first-order valence-corrected chi connectivity index (χ1v) is 17.3. The maximum atomic E-state index is 12.4. The van der Waals surface area contributed by atoms with Gasteiger partial charge in [0.2, 0.25) is 5.91 Å². The molecule has 1 amide bonds. The summed E-state index contributed by atoms with van der Waals surface area (Å²) in [7, 11) is -4.34. The van der Waals surface area contributed by atoms with E-state index in [0.717, 1.165) is 51.4 Å². The molecule has 0 aromatic rings. The van der Waals surface area contributed by atoms with Crippen LogP contribution < -0.4 is 5.32 Å². The molecule has 0 aromatic heterocycles. The van der Waals surface area contributed by atoms with E-state index in [1.807, 2.05) is 0 Å². The summed E-state index contributed by atoms with van der Waals surface area (Å²) in [5.41, 5.74) is 0. The van der Waals surface area contributed by atoms with Gasteiger partial charge in [0, 0.05) is 6.42 Å². The first-order chi connectivity index (χ1) is 18.8. The summed E-state index contributed by atoms with van der Waals surface area (Å²) in [6, 6.07) is -1.07. The number of carbonyl (C=O) groups is 1. The van der Waals surface area contributed by atoms with E-state index >= 15 is 0 Å². The third-order valence-electron chi connectivity index (χ3n) is 6.79. The van der Waals surface area contributed by atoms with Crippen LogP contribution in [0.5, 0.6) is 0 Å². The smallest absolute Gasteiger partial charge is 0.267 e. The Labute approximate surface area is 240 Å². The lowest BCUT2D eigenvalue weighted by atomic mass is 10.1. The average Bonchev–Trinajstić information content (AvgIpc) is 2.88. The fourth-order valence-corrected chi connectivity index (χ4v) is 5.12. The minimum atomic E-state index is -4.34. The van der Waals surface area contributed by atoms with Crippen LogP contribution in [-0.4, -0.2) is 41.9 Å². The Balaban J connectivity index is 4.17. The van der Waals surface area contributed by atoms with E-state index in [-0.39, 0.29) is 12.3 Å². The zero-order valence-corrected chi connectivity index (χ0v) is 25.8. The predicted octanol–water partition coefficient (Wildman–Crippen LogP) is 8.23. The fraction of sp³-hybridized carbons (Fsp3) is 0.781. The van der Waals surface area contributed by atoms with Crippen LogP contribution in [0, 0.1) is 0 Å². The van der Waals surface area contributed by atoms with Crippen LogP contribution in [0.25, 0.3) is 0 Å². The van der Waals surface area contributed by atoms with Gasteiger partial charge in [0.1, 0.15) is 0 Å². The van der Waals surface area contributed by atoms with E-state index in [4.69, 9.17) is 0 Å². The lowest BCUT2D eigenvalue weighted by molar-refractivity contribution is -0.122. The Morgan fingerprint density at radius 1 is 0.667 bits per heavy atom. The van der Waals surface area contributed by atoms with E-state index in [0.29, 0.717) is 12.8 Å². The minimum Gasteiger partial charge on any atom is -0.387 e. The van der Waals surface area contributed by atoms with E-state index < -0.39 is 28.0 Å². The molecular formula is C32H59NO5S. The second-order valence-corrected chi connectivity index (χ2v) is 12.2. The summed E-state index contributed by atoms with van der Waals surface area (Å²) < 4.78 is 32.1. The highest BCUT2D eigenvalue weighted by Crippen LogP contribution is 2.11. The standard InChI is InChI=1S/C32H59NO5S/c1-3-5-7-9-11-13-15-16-18-19-21-23-25-27-31(34)30(29-39(36,37)38)33-32(35)28-26-24-22-20-17-14-12-10-8-6-4-2/h10,12,18-19,25,27,30-31,34H,3-9,11,13-17,20-24,26,28-29H2,1-2H3,(H,33,35)(H,36,37,38)/b12-10-,19-18+,27-25+. The van der Waals surface area contributed by atoms with Crippen LogP contribution in [0.4, 0.5) is 0 Å². The third-order valence-corrected chi connectivity index (χ3v) is 7.57. The third kappa shape index (κ3) is 27.9. The van der Waals surface area contributed by atoms with Crippen LogP contribution in [0.3, 0.4) is 0 Å². The number of hydrogen-bond acceptors (Lipinski definition) is 4. The Hall–Kier alpha value is -1.44. The van der Waals surface area contributed by atoms with Gasteiger partial charge in [-0.2, -0.15) is 8.42 Å². The van der Waals surface area contributed by atoms with Gasteiger partial charge in [-0.15, -0.1) is 0 Å². The quantitative estimate of drug-likeness (QED) is 0.0525. The van der Waals surface area contributed by atoms with Crippen molar-refractivity contribution in [3.8, 4) is 0 Å². The van der Waals surface area contributed by atoms with Crippen LogP contribution in [-0.2, 0) is 14.9 Å². The molecule has 0 heterocycles. The molecule has 0 bridgehead atoms. The van der Waals surface area contributed by atoms with Crippen molar-refractivity contribution in [1.82, 2.24) is 5.32 Å². The minimum absolute atomic E-state index is 0.277. The van der Waals surface area contributed by atoms with Gasteiger partial charge >= 0.3 is 0 Å². The molecule has 0 radical (unpaired) electrons. The molecule has 2 atom stereocenters. The molecule has 0 rings (SSSR count). The largest absolute Gasteiger partial charge is 0.387 e. The summed E-state index contributed by atoms with van der Waals surface area (Å²) >= 11 is 0. The summed E-state index contributed by atoms with van der Waals surface area (Å²) in [6.45, 7) is 4.43. The van der Waals surface area contributed by atoms with Gasteiger partial charge in [-0.3, -0.25) is 9.35 Å². The van der Waals surface area contributed by atoms with Crippen molar-refractivity contribution < 1.29 is 22.9 Å². The van der Waals surface area contributed by atoms with Gasteiger partial charge in [-0.05, 0) is 51.4 Å². The molecule has 0 saturated carbocycles. The Morgan fingerprint density at radius 3 is 1.69 bits per heavy atom. The number of aliphatic hydroxyl groups is 1. The molecule has 0 aliphatic heterocycles. The van der Waals surface area contributed by atoms with Gasteiger partial charge in [0.05, 0.1) is 17.9 Å². The Morgan fingerprint density at radius 2 is 1.13 bits per heavy atom. The van der Waals surface area contributed by atoms with Gasteiger partial charge in [-0.1, -0.05) is 121 Å². The summed E-state index contributed by atoms with van der Waals surface area (Å²) in [5.74, 6) is -1.02. The van der Waals surface area contributed by atoms with Crippen LogP contribution >= 0.6 is 0 Å². The number of unbranched alkanes of at least 4 members (excludes halogenated alkanes) is 15. The number of amides is 1. The highest BCUT2D eigenvalue weighted by atomic mass is 32.2. The van der Waals surface area contributed by atoms with Crippen molar-refractivity contribution in [2.24, 2.45) is 0 Å². The molecule has 0 fully saturated rings. The van der Waals surface area contributed by atoms with Crippen LogP contribution in [0.2, 0.25) is 0 Å². The SMILES string of the molecule is CCCC/C=C\CCCCCCCC(=O)NC(CS(=O)(=O)O)C(O)/C=C/CC/C=C/CCCCCCCCC. The van der Waals surface area contributed by atoms with Crippen LogP contribution in [0.15, 0.2) is 36.5 Å². The maximum absolute atomic E-state index is 12.4. The van der Waals surface area contributed by atoms with Gasteiger partial charge in [0.25, 0.3) is 10.1 Å². The van der Waals surface area contributed by atoms with Crippen molar-refractivity contribution in [3.05, 3.63) is 36.5 Å². The number of allylic oxidation sites excluding steroid dienone is 5. The topological polar surface area (TPSA) is 104 Å². The van der Waals surface area contributed by atoms with Crippen molar-refractivity contribution in [1.29, 1.82) is 0 Å². The molecule has 0 spiro atoms. The zero-order chi connectivity index (χ0) is 29.0. The molecule has 6 nitrogen and oxygen atoms in total. The van der Waals surface area contributed by atoms with Crippen LogP contribution in [0.1, 0.15) is 142 Å². The van der Waals surface area contributed by atoms with E-state index in [1.54, 1.807) is 6.08 Å². The van der Waals surface area contributed by atoms with Crippen molar-refractivity contribution in [2.45, 2.75) is 154 Å². The van der Waals surface area contributed by atoms with E-state index in [9.17, 15) is 22.9 Å². The highest BCUT2D eigenvalue weighted by Gasteiger charge is 2.24. The molecule has 7 heteroatoms. The molecular weight excluding hydrogens is 510 g/mol. The second kappa shape index (κ2) is 26.8. The number of rotatable bonds is 27. The number of hydrogen-bond donors (Lipinski definition) is 3. The highest BCUT2D eigenvalue weighted by molar-refractivity contribution is 7.85. The number of nitrogens with one attached hydrogen (secondary N) is 1. The van der Waals surface area contributed by atoms with E-state index in [1.165, 1.54) is 63.9 Å². The van der Waals surface area contributed by atoms with E-state index in [2.05, 4.69) is 43.5 Å². The number of carbonyl (C=O) groups excluding carboxylic acids is 1. The second-order valence-electron chi connectivity index (χ2n) is 10.7. The summed E-state index contributed by atoms with van der Waals surface area (Å²) in [6.07, 6.45) is 32.7. The molecule has 0 saturated heterocycles. The molecule has 39 heavy (non-hydrogen) atoms. The van der Waals surface area contributed by atoms with Crippen molar-refractivity contribution in [3.63, 3.8) is 0 Å². The molecule has 0 aliphatic rings. The maximum Gasteiger partial charge on any atom is 0.267 e. The Bertz CT molecular complexity index is 761. The lowest BCUT2D eigenvalue weighted by Crippen LogP contribution is -2.46. The fourth-order valence-electron chi connectivity index (χ4n) is 4.38. The molecule has 2 unspecified atom stereocenters. The molecule has 3 N–H and O–H groups in total. The molecule has 0 aromatic carbocycles. The molecule has 228 valence electrons. The zero-order valence-electron chi connectivity index (χ0n) is 25.0. The monoisotopic (exact) mass is 569 g/mol. The van der Waals surface area contributed by atoms with Crippen molar-refractivity contribution in [2.75, 3.05) is 5.75 Å². The number of aliphatic hydroxyl groups excluding tert-OH is 1. The normalized spacial score (nSPS) is 14.1. The predicted molar refractivity (Wildman–Crippen MR) is 165 cm³/mol. The Kier molecular flexibility index (Phi) is 25.8. The summed E-state index contributed by atoms with van der Waals surface area (Å²) in [5, 5.41) is 13.1. The lowest BCUT2D eigenvalue weighted by Gasteiger charge is -2.21. The summed E-state index contributed by atoms with van der Waals surface area (Å²) in [4.78, 5) is 12.4. The molecule has 0 aliphatic carbocycles. The van der Waals surface area contributed by atoms with Gasteiger partial charge in [0.15, 0.2) is 0 Å². The van der Waals surface area contributed by atoms with Gasteiger partial charge < -0.3 is 10.4 Å². The first kappa shape index (κ1) is 37.6.